The Morgan fingerprint density at radius 2 is 1.11 bits per heavy atom. The van der Waals surface area contributed by atoms with Crippen LogP contribution in [0.15, 0.2) is 152 Å². The molecule has 0 fully saturated rings. The number of carbonyl (C=O) groups is 1. The summed E-state index contributed by atoms with van der Waals surface area (Å²) in [5, 5.41) is 5.03. The molecule has 1 N–H and O–H groups in total. The number of hydrogen-bond acceptors (Lipinski definition) is 9. The highest BCUT2D eigenvalue weighted by atomic mass is 32.1. The van der Waals surface area contributed by atoms with Crippen LogP contribution in [0.25, 0.3) is 56.7 Å². The molecule has 0 aliphatic rings. The molecule has 0 spiro atoms. The maximum Gasteiger partial charge on any atom is 0.343 e. The van der Waals surface area contributed by atoms with Crippen LogP contribution >= 0.6 is 11.3 Å². The van der Waals surface area contributed by atoms with Crippen LogP contribution in [-0.4, -0.2) is 26.4 Å². The molecule has 3 heterocycles. The molecule has 9 heteroatoms. The summed E-state index contributed by atoms with van der Waals surface area (Å²) >= 11 is 1.46. The van der Waals surface area contributed by atoms with Gasteiger partial charge in [0.2, 0.25) is 0 Å². The first kappa shape index (κ1) is 41.7. The third-order valence-electron chi connectivity index (χ3n) is 11.2. The molecule has 0 saturated heterocycles. The molecule has 3 aromatic heterocycles. The molecule has 0 radical (unpaired) electrons. The van der Waals surface area contributed by atoms with E-state index in [4.69, 9.17) is 8.83 Å². The molecule has 8 aromatic rings. The third-order valence-corrected chi connectivity index (χ3v) is 12.2. The van der Waals surface area contributed by atoms with Crippen molar-refractivity contribution in [3.8, 4) is 10.4 Å². The maximum absolute atomic E-state index is 13.0. The fraction of sp³-hybridized carbons (Fsp3) is 0.151. The van der Waals surface area contributed by atoms with Crippen LogP contribution in [0.5, 0.6) is 0 Å². The molecular weight excluding hydrogens is 791 g/mol. The standard InChI is InChI=1S/C53H47N3O5S/c1-5-48(54-4)38-16-17-39-30-41(52(58)60-49(39)32-38)14-8-35-10-21-43(22-11-35)56(45-25-18-37(19-26-45)51-29-28-47(34-57)62-51)44-23-12-36(13-24-44)9-15-42-31-40-20-27-46(55(6-2)7-3)33-50(40)61-53(42)59/h8-34,48,54H,5-7H2,1-4H3/b14-8+,15-9+. The van der Waals surface area contributed by atoms with Crippen LogP contribution in [0.2, 0.25) is 0 Å². The Hall–Kier alpha value is -7.07. The number of thiophene rings is 1. The Morgan fingerprint density at radius 1 is 0.597 bits per heavy atom. The first-order valence-electron chi connectivity index (χ1n) is 20.9. The lowest BCUT2D eigenvalue weighted by atomic mass is 10.0. The second kappa shape index (κ2) is 18.7. The fourth-order valence-corrected chi connectivity index (χ4v) is 8.56. The van der Waals surface area contributed by atoms with Gasteiger partial charge < -0.3 is 24.0 Å². The van der Waals surface area contributed by atoms with Gasteiger partial charge in [0.1, 0.15) is 11.2 Å². The van der Waals surface area contributed by atoms with Gasteiger partial charge in [-0.2, -0.15) is 0 Å². The number of anilines is 4. The second-order valence-electron chi connectivity index (χ2n) is 15.0. The molecule has 62 heavy (non-hydrogen) atoms. The highest BCUT2D eigenvalue weighted by Gasteiger charge is 2.15. The number of rotatable bonds is 15. The van der Waals surface area contributed by atoms with Gasteiger partial charge in [0, 0.05) is 63.6 Å². The molecule has 0 aliphatic carbocycles. The number of benzene rings is 5. The zero-order valence-electron chi connectivity index (χ0n) is 35.1. The van der Waals surface area contributed by atoms with Crippen molar-refractivity contribution in [3.63, 3.8) is 0 Å². The Bertz CT molecular complexity index is 2860. The van der Waals surface area contributed by atoms with E-state index in [0.29, 0.717) is 27.2 Å². The van der Waals surface area contributed by atoms with Crippen molar-refractivity contribution < 1.29 is 13.6 Å². The van der Waals surface area contributed by atoms with Crippen LogP contribution in [0, 0.1) is 0 Å². The van der Waals surface area contributed by atoms with Gasteiger partial charge in [-0.25, -0.2) is 9.59 Å². The number of aldehydes is 1. The highest BCUT2D eigenvalue weighted by Crippen LogP contribution is 2.37. The minimum absolute atomic E-state index is 0.188. The van der Waals surface area contributed by atoms with Gasteiger partial charge in [0.15, 0.2) is 6.29 Å². The van der Waals surface area contributed by atoms with Crippen LogP contribution in [0.3, 0.4) is 0 Å². The first-order valence-corrected chi connectivity index (χ1v) is 21.7. The lowest BCUT2D eigenvalue weighted by Gasteiger charge is -2.26. The SMILES string of the molecule is CCC(NC)c1ccc2cc(/C=C/c3ccc(N(c4ccc(/C=C/c5cc6ccc(N(CC)CC)cc6oc5=O)cc4)c4ccc(-c5ccc(C=O)s5)cc4)cc3)c(=O)oc2c1. The summed E-state index contributed by atoms with van der Waals surface area (Å²) in [6.45, 7) is 8.06. The molecule has 1 atom stereocenters. The molecule has 8 nitrogen and oxygen atoms in total. The van der Waals surface area contributed by atoms with E-state index < -0.39 is 0 Å². The fourth-order valence-electron chi connectivity index (χ4n) is 7.74. The summed E-state index contributed by atoms with van der Waals surface area (Å²) in [6, 6.07) is 44.3. The second-order valence-corrected chi connectivity index (χ2v) is 16.1. The molecule has 0 aliphatic heterocycles. The molecule has 8 rings (SSSR count). The van der Waals surface area contributed by atoms with Crippen LogP contribution in [-0.2, 0) is 0 Å². The molecule has 310 valence electrons. The number of nitrogens with zero attached hydrogens (tertiary/aromatic N) is 2. The number of fused-ring (bicyclic) bond motifs is 2. The summed E-state index contributed by atoms with van der Waals surface area (Å²) in [4.78, 5) is 43.5. The average molecular weight is 838 g/mol. The topological polar surface area (TPSA) is 96.0 Å². The van der Waals surface area contributed by atoms with Crippen molar-refractivity contribution >= 4 is 86.6 Å². The quantitative estimate of drug-likeness (QED) is 0.0805. The summed E-state index contributed by atoms with van der Waals surface area (Å²) in [5.74, 6) is 0. The minimum Gasteiger partial charge on any atom is -0.422 e. The van der Waals surface area contributed by atoms with Crippen molar-refractivity contribution in [1.82, 2.24) is 5.32 Å². The maximum atomic E-state index is 13.0. The Kier molecular flexibility index (Phi) is 12.6. The number of hydrogen-bond donors (Lipinski definition) is 1. The van der Waals surface area contributed by atoms with Crippen molar-refractivity contribution in [2.24, 2.45) is 0 Å². The van der Waals surface area contributed by atoms with Crippen molar-refractivity contribution in [2.45, 2.75) is 33.2 Å². The summed E-state index contributed by atoms with van der Waals surface area (Å²) < 4.78 is 11.5. The van der Waals surface area contributed by atoms with Gasteiger partial charge >= 0.3 is 11.3 Å². The van der Waals surface area contributed by atoms with Gasteiger partial charge in [-0.05, 0) is 141 Å². The van der Waals surface area contributed by atoms with Gasteiger partial charge in [-0.3, -0.25) is 4.79 Å². The lowest BCUT2D eigenvalue weighted by Crippen LogP contribution is -2.21. The largest absolute Gasteiger partial charge is 0.422 e. The molecule has 1 unspecified atom stereocenters. The molecular formula is C53H47N3O5S. The Balaban J connectivity index is 1.06. The van der Waals surface area contributed by atoms with Gasteiger partial charge in [-0.1, -0.05) is 67.6 Å². The monoisotopic (exact) mass is 837 g/mol. The average Bonchev–Trinajstić information content (AvgIpc) is 3.79. The zero-order chi connectivity index (χ0) is 43.2. The molecule has 0 saturated carbocycles. The Morgan fingerprint density at radius 3 is 1.61 bits per heavy atom. The molecule has 0 amide bonds. The van der Waals surface area contributed by atoms with Crippen molar-refractivity contribution in [3.05, 3.63) is 187 Å². The number of carbonyl (C=O) groups excluding carboxylic acids is 1. The molecule has 5 aromatic carbocycles. The van der Waals surface area contributed by atoms with Gasteiger partial charge in [0.25, 0.3) is 0 Å². The van der Waals surface area contributed by atoms with E-state index in [1.807, 2.05) is 92.0 Å². The zero-order valence-corrected chi connectivity index (χ0v) is 35.9. The summed E-state index contributed by atoms with van der Waals surface area (Å²) in [7, 11) is 1.93. The van der Waals surface area contributed by atoms with Gasteiger partial charge in [-0.15, -0.1) is 11.3 Å². The van der Waals surface area contributed by atoms with Crippen LogP contribution in [0.4, 0.5) is 22.7 Å². The van der Waals surface area contributed by atoms with E-state index in [-0.39, 0.29) is 17.3 Å². The van der Waals surface area contributed by atoms with E-state index in [9.17, 15) is 14.4 Å². The van der Waals surface area contributed by atoms with E-state index in [0.717, 1.165) is 86.4 Å². The van der Waals surface area contributed by atoms with E-state index in [1.54, 1.807) is 12.2 Å². The van der Waals surface area contributed by atoms with Crippen LogP contribution in [0.1, 0.15) is 70.7 Å². The molecule has 0 bridgehead atoms. The Labute approximate surface area is 364 Å². The normalized spacial score (nSPS) is 12.1. The predicted octanol–water partition coefficient (Wildman–Crippen LogP) is 12.8. The summed E-state index contributed by atoms with van der Waals surface area (Å²) in [5.41, 5.74) is 9.12. The number of nitrogens with one attached hydrogen (secondary N) is 1. The predicted molar refractivity (Wildman–Crippen MR) is 258 cm³/mol. The lowest BCUT2D eigenvalue weighted by molar-refractivity contribution is 0.112. The smallest absolute Gasteiger partial charge is 0.343 e. The first-order chi connectivity index (χ1) is 30.3. The van der Waals surface area contributed by atoms with Crippen LogP contribution < -0.4 is 26.4 Å². The summed E-state index contributed by atoms with van der Waals surface area (Å²) in [6.07, 6.45) is 9.23. The third kappa shape index (κ3) is 9.00. The minimum atomic E-state index is -0.386. The van der Waals surface area contributed by atoms with Crippen molar-refractivity contribution in [2.75, 3.05) is 29.9 Å². The highest BCUT2D eigenvalue weighted by molar-refractivity contribution is 7.17. The van der Waals surface area contributed by atoms with E-state index in [2.05, 4.69) is 96.6 Å². The van der Waals surface area contributed by atoms with E-state index >= 15 is 0 Å². The van der Waals surface area contributed by atoms with E-state index in [1.165, 1.54) is 11.3 Å². The van der Waals surface area contributed by atoms with Gasteiger partial charge in [0.05, 0.1) is 16.0 Å². The van der Waals surface area contributed by atoms with Crippen molar-refractivity contribution in [1.29, 1.82) is 0 Å².